The molecule has 3 amide bonds. The summed E-state index contributed by atoms with van der Waals surface area (Å²) in [6, 6.07) is 9.99. The highest BCUT2D eigenvalue weighted by atomic mass is 16.4. The monoisotopic (exact) mass is 351 g/mol. The molecule has 130 valence electrons. The normalized spacial score (nSPS) is 10.8. The standard InChI is InChI=1S/C18H13N3O5/c19-15(22)11-9-5-7-3-1-2-4-8(7)6-10(9)12(18(25)26)14(17(21)24)13(11)16(20)23/h1-6H,(H2,19,22)(H2,20,23)(H2,21,24)(H,25,26). The number of carboxylic acids is 1. The predicted octanol–water partition coefficient (Wildman–Crippen LogP) is 0.988. The molecule has 0 saturated carbocycles. The molecule has 0 unspecified atom stereocenters. The Morgan fingerprint density at radius 3 is 1.42 bits per heavy atom. The van der Waals surface area contributed by atoms with E-state index in [1.165, 1.54) is 12.1 Å². The Morgan fingerprint density at radius 1 is 0.654 bits per heavy atom. The van der Waals surface area contributed by atoms with Crippen molar-refractivity contribution in [2.45, 2.75) is 0 Å². The lowest BCUT2D eigenvalue weighted by molar-refractivity contribution is 0.0693. The van der Waals surface area contributed by atoms with Crippen molar-refractivity contribution < 1.29 is 24.3 Å². The molecule has 0 atom stereocenters. The summed E-state index contributed by atoms with van der Waals surface area (Å²) in [7, 11) is 0. The lowest BCUT2D eigenvalue weighted by Crippen LogP contribution is -2.29. The molecule has 0 saturated heterocycles. The maximum atomic E-state index is 12.0. The van der Waals surface area contributed by atoms with Crippen LogP contribution in [-0.2, 0) is 0 Å². The molecule has 3 aromatic carbocycles. The molecule has 0 spiro atoms. The summed E-state index contributed by atoms with van der Waals surface area (Å²) in [6.07, 6.45) is 0. The third kappa shape index (κ3) is 2.40. The number of carbonyl (C=O) groups excluding carboxylic acids is 3. The molecule has 0 fully saturated rings. The third-order valence-electron chi connectivity index (χ3n) is 4.13. The van der Waals surface area contributed by atoms with Gasteiger partial charge in [-0.05, 0) is 33.7 Å². The summed E-state index contributed by atoms with van der Waals surface area (Å²) >= 11 is 0. The first kappa shape index (κ1) is 16.9. The Labute approximate surface area is 146 Å². The number of carbonyl (C=O) groups is 4. The van der Waals surface area contributed by atoms with Crippen LogP contribution in [0.25, 0.3) is 21.5 Å². The fraction of sp³-hybridized carbons (Fsp3) is 0. The molecule has 7 N–H and O–H groups in total. The van der Waals surface area contributed by atoms with Gasteiger partial charge in [0.15, 0.2) is 0 Å². The molecule has 0 aliphatic carbocycles. The van der Waals surface area contributed by atoms with Crippen LogP contribution < -0.4 is 17.2 Å². The molecule has 0 bridgehead atoms. The van der Waals surface area contributed by atoms with Crippen molar-refractivity contribution in [3.8, 4) is 0 Å². The van der Waals surface area contributed by atoms with Gasteiger partial charge in [0.1, 0.15) is 0 Å². The average Bonchev–Trinajstić information content (AvgIpc) is 2.56. The molecule has 0 aromatic heterocycles. The van der Waals surface area contributed by atoms with Gasteiger partial charge in [0.05, 0.1) is 22.3 Å². The summed E-state index contributed by atoms with van der Waals surface area (Å²) in [5.41, 5.74) is 14.0. The molecular formula is C18H13N3O5. The largest absolute Gasteiger partial charge is 0.478 e. The van der Waals surface area contributed by atoms with E-state index >= 15 is 0 Å². The SMILES string of the molecule is NC(=O)c1c(C(N)=O)c(C(=O)O)c2cc3ccccc3cc2c1C(N)=O. The third-order valence-corrected chi connectivity index (χ3v) is 4.13. The number of amides is 3. The minimum Gasteiger partial charge on any atom is -0.478 e. The fourth-order valence-corrected chi connectivity index (χ4v) is 3.14. The summed E-state index contributed by atoms with van der Waals surface area (Å²) in [6.45, 7) is 0. The number of fused-ring (bicyclic) bond motifs is 2. The van der Waals surface area contributed by atoms with E-state index in [1.54, 1.807) is 24.3 Å². The van der Waals surface area contributed by atoms with Crippen LogP contribution in [-0.4, -0.2) is 28.8 Å². The number of benzene rings is 3. The highest BCUT2D eigenvalue weighted by Gasteiger charge is 2.31. The number of aromatic carboxylic acids is 1. The van der Waals surface area contributed by atoms with Gasteiger partial charge in [0.2, 0.25) is 17.7 Å². The summed E-state index contributed by atoms with van der Waals surface area (Å²) in [5.74, 6) is -4.89. The van der Waals surface area contributed by atoms with E-state index in [2.05, 4.69) is 0 Å². The van der Waals surface area contributed by atoms with Crippen LogP contribution in [0.15, 0.2) is 36.4 Å². The van der Waals surface area contributed by atoms with Gasteiger partial charge in [-0.3, -0.25) is 14.4 Å². The number of carboxylic acid groups (broad SMARTS) is 1. The second-order valence-electron chi connectivity index (χ2n) is 5.64. The van der Waals surface area contributed by atoms with Crippen LogP contribution in [0.5, 0.6) is 0 Å². The van der Waals surface area contributed by atoms with Crippen LogP contribution in [0.3, 0.4) is 0 Å². The second-order valence-corrected chi connectivity index (χ2v) is 5.64. The molecule has 0 aliphatic rings. The van der Waals surface area contributed by atoms with E-state index in [0.717, 1.165) is 0 Å². The first-order chi connectivity index (χ1) is 12.2. The van der Waals surface area contributed by atoms with Crippen LogP contribution in [0.1, 0.15) is 41.4 Å². The van der Waals surface area contributed by atoms with E-state index in [9.17, 15) is 24.3 Å². The van der Waals surface area contributed by atoms with E-state index in [-0.39, 0.29) is 16.3 Å². The maximum absolute atomic E-state index is 12.0. The number of hydrogen-bond donors (Lipinski definition) is 4. The summed E-state index contributed by atoms with van der Waals surface area (Å²) in [5, 5.41) is 11.2. The highest BCUT2D eigenvalue weighted by molar-refractivity contribution is 6.26. The van der Waals surface area contributed by atoms with Crippen LogP contribution in [0, 0.1) is 0 Å². The Morgan fingerprint density at radius 2 is 1.04 bits per heavy atom. The minimum absolute atomic E-state index is 0.0591. The van der Waals surface area contributed by atoms with Gasteiger partial charge in [-0.2, -0.15) is 0 Å². The van der Waals surface area contributed by atoms with Crippen molar-refractivity contribution in [1.82, 2.24) is 0 Å². The van der Waals surface area contributed by atoms with E-state index in [1.807, 2.05) is 0 Å². The molecule has 26 heavy (non-hydrogen) atoms. The highest BCUT2D eigenvalue weighted by Crippen LogP contribution is 2.33. The predicted molar refractivity (Wildman–Crippen MR) is 94.0 cm³/mol. The fourth-order valence-electron chi connectivity index (χ4n) is 3.14. The lowest BCUT2D eigenvalue weighted by atomic mass is 9.86. The first-order valence-electron chi connectivity index (χ1n) is 7.39. The number of primary amides is 3. The summed E-state index contributed by atoms with van der Waals surface area (Å²) < 4.78 is 0. The molecule has 0 radical (unpaired) electrons. The minimum atomic E-state index is -1.49. The Bertz CT molecular complexity index is 1060. The topological polar surface area (TPSA) is 167 Å². The first-order valence-corrected chi connectivity index (χ1v) is 7.39. The molecular weight excluding hydrogens is 338 g/mol. The molecule has 0 aliphatic heterocycles. The van der Waals surface area contributed by atoms with Crippen molar-refractivity contribution in [1.29, 1.82) is 0 Å². The molecule has 8 nitrogen and oxygen atoms in total. The lowest BCUT2D eigenvalue weighted by Gasteiger charge is -2.16. The van der Waals surface area contributed by atoms with Gasteiger partial charge in [0, 0.05) is 0 Å². The molecule has 3 aromatic rings. The van der Waals surface area contributed by atoms with E-state index in [4.69, 9.17) is 17.2 Å². The van der Waals surface area contributed by atoms with Gasteiger partial charge in [0.25, 0.3) is 0 Å². The number of nitrogens with two attached hydrogens (primary N) is 3. The van der Waals surface area contributed by atoms with Gasteiger partial charge in [-0.1, -0.05) is 24.3 Å². The van der Waals surface area contributed by atoms with E-state index in [0.29, 0.717) is 10.8 Å². The zero-order valence-electron chi connectivity index (χ0n) is 13.3. The van der Waals surface area contributed by atoms with Crippen molar-refractivity contribution in [3.63, 3.8) is 0 Å². The van der Waals surface area contributed by atoms with Gasteiger partial charge < -0.3 is 22.3 Å². The average molecular weight is 351 g/mol. The molecule has 0 heterocycles. The molecule has 8 heteroatoms. The maximum Gasteiger partial charge on any atom is 0.337 e. The van der Waals surface area contributed by atoms with Crippen LogP contribution >= 0.6 is 0 Å². The smallest absolute Gasteiger partial charge is 0.337 e. The second kappa shape index (κ2) is 5.85. The van der Waals surface area contributed by atoms with Crippen molar-refractivity contribution in [3.05, 3.63) is 58.7 Å². The van der Waals surface area contributed by atoms with Crippen LogP contribution in [0.4, 0.5) is 0 Å². The van der Waals surface area contributed by atoms with Gasteiger partial charge in [-0.25, -0.2) is 4.79 Å². The van der Waals surface area contributed by atoms with Crippen molar-refractivity contribution >= 4 is 45.2 Å². The number of hydrogen-bond acceptors (Lipinski definition) is 4. The Balaban J connectivity index is 2.74. The Kier molecular flexibility index (Phi) is 3.80. The van der Waals surface area contributed by atoms with Gasteiger partial charge >= 0.3 is 5.97 Å². The summed E-state index contributed by atoms with van der Waals surface area (Å²) in [4.78, 5) is 47.8. The van der Waals surface area contributed by atoms with Crippen molar-refractivity contribution in [2.75, 3.05) is 0 Å². The zero-order chi connectivity index (χ0) is 19.2. The quantitative estimate of drug-likeness (QED) is 0.513. The Hall–Kier alpha value is -3.94. The number of rotatable bonds is 4. The van der Waals surface area contributed by atoms with Crippen molar-refractivity contribution in [2.24, 2.45) is 17.2 Å². The van der Waals surface area contributed by atoms with Crippen LogP contribution in [0.2, 0.25) is 0 Å². The van der Waals surface area contributed by atoms with E-state index < -0.39 is 40.4 Å². The zero-order valence-corrected chi connectivity index (χ0v) is 13.3. The molecule has 3 rings (SSSR count). The van der Waals surface area contributed by atoms with Gasteiger partial charge in [-0.15, -0.1) is 0 Å².